The Kier molecular flexibility index (Phi) is 4.70. The monoisotopic (exact) mass is 468 g/mol. The van der Waals surface area contributed by atoms with Crippen molar-refractivity contribution >= 4 is 22.9 Å². The molecule has 2 aromatic heterocycles. The van der Waals surface area contributed by atoms with Crippen LogP contribution in [0.1, 0.15) is 26.5 Å². The molecule has 172 valence electrons. The Morgan fingerprint density at radius 3 is 1.97 bits per heavy atom. The molecule has 3 aromatic carbocycles. The van der Waals surface area contributed by atoms with E-state index in [0.717, 1.165) is 29.2 Å². The van der Waals surface area contributed by atoms with Crippen LogP contribution in [-0.2, 0) is 13.5 Å². The van der Waals surface area contributed by atoms with Crippen LogP contribution in [0, 0.1) is 17.6 Å². The van der Waals surface area contributed by atoms with Gasteiger partial charge >= 0.3 is 0 Å². The van der Waals surface area contributed by atoms with Crippen LogP contribution in [0.3, 0.4) is 0 Å². The molecule has 0 N–H and O–H groups in total. The van der Waals surface area contributed by atoms with Gasteiger partial charge in [-0.1, -0.05) is 48.5 Å². The number of imidazole rings is 2. The fraction of sp³-hybridized carbons (Fsp3) is 0.111. The van der Waals surface area contributed by atoms with Crippen molar-refractivity contribution < 1.29 is 18.4 Å². The van der Waals surface area contributed by atoms with Gasteiger partial charge in [-0.15, -0.1) is 0 Å². The average Bonchev–Trinajstić information content (AvgIpc) is 3.46. The van der Waals surface area contributed by atoms with Gasteiger partial charge in [-0.05, 0) is 24.3 Å². The minimum absolute atomic E-state index is 0.0263. The van der Waals surface area contributed by atoms with Crippen molar-refractivity contribution in [1.29, 1.82) is 0 Å². The van der Waals surface area contributed by atoms with Gasteiger partial charge in [-0.3, -0.25) is 14.2 Å². The van der Waals surface area contributed by atoms with Crippen LogP contribution in [0.5, 0.6) is 0 Å². The molecule has 8 heteroatoms. The first-order chi connectivity index (χ1) is 16.9. The SMILES string of the molecule is Cn1c(-c2ccccc2)nc2c1nc(CC1C(=O)c3cc(F)c(F)cc3C1=O)n2-c1ccccc1. The Hall–Kier alpha value is -4.46. The van der Waals surface area contributed by atoms with Crippen LogP contribution >= 0.6 is 0 Å². The van der Waals surface area contributed by atoms with Gasteiger partial charge in [-0.2, -0.15) is 0 Å². The second kappa shape index (κ2) is 7.80. The van der Waals surface area contributed by atoms with Gasteiger partial charge in [0, 0.05) is 35.8 Å². The topological polar surface area (TPSA) is 69.8 Å². The highest BCUT2D eigenvalue weighted by molar-refractivity contribution is 6.26. The number of benzene rings is 3. The van der Waals surface area contributed by atoms with E-state index in [2.05, 4.69) is 0 Å². The predicted octanol–water partition coefficient (Wildman–Crippen LogP) is 4.94. The minimum Gasteiger partial charge on any atom is -0.310 e. The third kappa shape index (κ3) is 3.21. The van der Waals surface area contributed by atoms with Gasteiger partial charge in [-0.25, -0.2) is 18.7 Å². The van der Waals surface area contributed by atoms with Crippen LogP contribution in [0.25, 0.3) is 28.4 Å². The van der Waals surface area contributed by atoms with Crippen LogP contribution < -0.4 is 0 Å². The number of aromatic nitrogens is 4. The number of halogens is 2. The quantitative estimate of drug-likeness (QED) is 0.350. The van der Waals surface area contributed by atoms with Gasteiger partial charge in [0.05, 0.1) is 5.92 Å². The number of fused-ring (bicyclic) bond motifs is 2. The highest BCUT2D eigenvalue weighted by Gasteiger charge is 2.40. The van der Waals surface area contributed by atoms with Crippen LogP contribution in [-0.4, -0.2) is 30.7 Å². The van der Waals surface area contributed by atoms with E-state index >= 15 is 0 Å². The average molecular weight is 468 g/mol. The van der Waals surface area contributed by atoms with Gasteiger partial charge < -0.3 is 4.57 Å². The van der Waals surface area contributed by atoms with Crippen molar-refractivity contribution in [2.75, 3.05) is 0 Å². The molecule has 2 heterocycles. The smallest absolute Gasteiger partial charge is 0.184 e. The Bertz CT molecular complexity index is 1600. The van der Waals surface area contributed by atoms with E-state index in [4.69, 9.17) is 9.97 Å². The Labute approximate surface area is 198 Å². The predicted molar refractivity (Wildman–Crippen MR) is 125 cm³/mol. The van der Waals surface area contributed by atoms with E-state index in [1.165, 1.54) is 0 Å². The van der Waals surface area contributed by atoms with Gasteiger partial charge in [0.2, 0.25) is 0 Å². The van der Waals surface area contributed by atoms with Crippen molar-refractivity contribution in [1.82, 2.24) is 19.1 Å². The number of aryl methyl sites for hydroxylation is 1. The third-order valence-corrected chi connectivity index (χ3v) is 6.41. The molecule has 0 bridgehead atoms. The van der Waals surface area contributed by atoms with Gasteiger partial charge in [0.15, 0.2) is 34.5 Å². The van der Waals surface area contributed by atoms with E-state index in [1.807, 2.05) is 76.8 Å². The number of hydrogen-bond acceptors (Lipinski definition) is 4. The number of Topliss-reactive ketones (excluding diaryl/α,β-unsaturated/α-hetero) is 2. The lowest BCUT2D eigenvalue weighted by Gasteiger charge is -2.11. The highest BCUT2D eigenvalue weighted by atomic mass is 19.2. The first kappa shape index (κ1) is 21.1. The summed E-state index contributed by atoms with van der Waals surface area (Å²) in [5, 5.41) is 0. The van der Waals surface area contributed by atoms with Crippen LogP contribution in [0.4, 0.5) is 8.78 Å². The second-order valence-electron chi connectivity index (χ2n) is 8.50. The third-order valence-electron chi connectivity index (χ3n) is 6.41. The summed E-state index contributed by atoms with van der Waals surface area (Å²) in [5.41, 5.74) is 2.69. The van der Waals surface area contributed by atoms with E-state index in [0.29, 0.717) is 17.1 Å². The van der Waals surface area contributed by atoms with Crippen molar-refractivity contribution in [3.63, 3.8) is 0 Å². The molecular formula is C27H18F2N4O2. The summed E-state index contributed by atoms with van der Waals surface area (Å²) in [4.78, 5) is 35.7. The highest BCUT2D eigenvalue weighted by Crippen LogP contribution is 2.33. The molecule has 0 saturated carbocycles. The summed E-state index contributed by atoms with van der Waals surface area (Å²) in [6.07, 6.45) is -0.0263. The van der Waals surface area contributed by atoms with Gasteiger partial charge in [0.1, 0.15) is 11.6 Å². The molecule has 0 saturated heterocycles. The second-order valence-corrected chi connectivity index (χ2v) is 8.50. The summed E-state index contributed by atoms with van der Waals surface area (Å²) >= 11 is 0. The lowest BCUT2D eigenvalue weighted by molar-refractivity contribution is 0.0836. The van der Waals surface area contributed by atoms with E-state index in [1.54, 1.807) is 0 Å². The lowest BCUT2D eigenvalue weighted by atomic mass is 9.99. The van der Waals surface area contributed by atoms with Crippen molar-refractivity contribution in [2.45, 2.75) is 6.42 Å². The van der Waals surface area contributed by atoms with Crippen LogP contribution in [0.15, 0.2) is 72.8 Å². The van der Waals surface area contributed by atoms with Crippen molar-refractivity contribution in [3.8, 4) is 17.1 Å². The first-order valence-electron chi connectivity index (χ1n) is 11.1. The minimum atomic E-state index is -1.15. The molecule has 6 nitrogen and oxygen atoms in total. The summed E-state index contributed by atoms with van der Waals surface area (Å²) in [6, 6.07) is 20.7. The molecule has 6 rings (SSSR count). The van der Waals surface area contributed by atoms with Crippen LogP contribution in [0.2, 0.25) is 0 Å². The van der Waals surface area contributed by atoms with Crippen molar-refractivity contribution in [2.24, 2.45) is 13.0 Å². The standard InChI is InChI=1S/C27H18F2N4O2/c1-32-25(15-8-4-2-5-9-15)31-27-26(32)30-22(33(27)16-10-6-3-7-11-16)14-19-23(34)17-12-20(28)21(29)13-18(17)24(19)35/h2-13,19H,14H2,1H3. The van der Waals surface area contributed by atoms with Crippen molar-refractivity contribution in [3.05, 3.63) is 101 Å². The maximum Gasteiger partial charge on any atom is 0.184 e. The number of nitrogens with zero attached hydrogens (tertiary/aromatic N) is 4. The maximum absolute atomic E-state index is 13.8. The molecule has 0 spiro atoms. The zero-order chi connectivity index (χ0) is 24.3. The lowest BCUT2D eigenvalue weighted by Crippen LogP contribution is -2.20. The zero-order valence-corrected chi connectivity index (χ0v) is 18.6. The fourth-order valence-corrected chi connectivity index (χ4v) is 4.69. The van der Waals surface area contributed by atoms with E-state index < -0.39 is 29.1 Å². The van der Waals surface area contributed by atoms with E-state index in [9.17, 15) is 18.4 Å². The molecule has 0 aliphatic heterocycles. The zero-order valence-electron chi connectivity index (χ0n) is 18.6. The normalized spacial score (nSPS) is 13.7. The molecule has 0 amide bonds. The molecular weight excluding hydrogens is 450 g/mol. The molecule has 1 aliphatic rings. The Balaban J connectivity index is 1.49. The number of rotatable bonds is 4. The number of carbonyl (C=O) groups excluding carboxylic acids is 2. The largest absolute Gasteiger partial charge is 0.310 e. The maximum atomic E-state index is 13.8. The Morgan fingerprint density at radius 2 is 1.37 bits per heavy atom. The molecule has 5 aromatic rings. The molecule has 35 heavy (non-hydrogen) atoms. The number of ketones is 2. The molecule has 0 atom stereocenters. The molecule has 0 fully saturated rings. The van der Waals surface area contributed by atoms with Gasteiger partial charge in [0.25, 0.3) is 0 Å². The number of hydrogen-bond donors (Lipinski definition) is 0. The first-order valence-corrected chi connectivity index (χ1v) is 11.1. The summed E-state index contributed by atoms with van der Waals surface area (Å²) in [6.45, 7) is 0. The molecule has 0 radical (unpaired) electrons. The Morgan fingerprint density at radius 1 is 0.800 bits per heavy atom. The molecule has 0 unspecified atom stereocenters. The summed E-state index contributed by atoms with van der Waals surface area (Å²) in [7, 11) is 1.86. The molecule has 1 aliphatic carbocycles. The fourth-order valence-electron chi connectivity index (χ4n) is 4.69. The number of carbonyl (C=O) groups is 2. The summed E-state index contributed by atoms with van der Waals surface area (Å²) in [5.74, 6) is -3.30. The van der Waals surface area contributed by atoms with E-state index in [-0.39, 0.29) is 17.5 Å². The summed E-state index contributed by atoms with van der Waals surface area (Å²) < 4.78 is 31.2. The number of para-hydroxylation sites is 1.